The van der Waals surface area contributed by atoms with Crippen LogP contribution in [0, 0.1) is 0 Å². The smallest absolute Gasteiger partial charge is 0.222 e. The molecule has 122 valence electrons. The van der Waals surface area contributed by atoms with Gasteiger partial charge in [-0.15, -0.1) is 0 Å². The maximum atomic E-state index is 12.0. The van der Waals surface area contributed by atoms with E-state index in [9.17, 15) is 9.90 Å². The van der Waals surface area contributed by atoms with Gasteiger partial charge in [0.1, 0.15) is 0 Å². The summed E-state index contributed by atoms with van der Waals surface area (Å²) in [7, 11) is 2.16. The fraction of sp³-hybridized carbons (Fsp3) is 0.941. The first-order valence-electron chi connectivity index (χ1n) is 8.78. The molecule has 0 aromatic rings. The van der Waals surface area contributed by atoms with Gasteiger partial charge in [-0.2, -0.15) is 0 Å². The van der Waals surface area contributed by atoms with E-state index in [0.29, 0.717) is 12.6 Å². The summed E-state index contributed by atoms with van der Waals surface area (Å²) < 4.78 is 0. The molecule has 2 saturated carbocycles. The van der Waals surface area contributed by atoms with Crippen molar-refractivity contribution < 1.29 is 9.90 Å². The van der Waals surface area contributed by atoms with E-state index in [4.69, 9.17) is 0 Å². The second kappa shape index (κ2) is 8.14. The molecule has 0 aromatic carbocycles. The molecule has 0 radical (unpaired) electrons. The van der Waals surface area contributed by atoms with Crippen LogP contribution in [0.4, 0.5) is 0 Å². The highest BCUT2D eigenvalue weighted by Crippen LogP contribution is 2.30. The van der Waals surface area contributed by atoms with Crippen LogP contribution in [0.3, 0.4) is 0 Å². The third kappa shape index (κ3) is 5.59. The van der Waals surface area contributed by atoms with Gasteiger partial charge in [0, 0.05) is 19.1 Å². The lowest BCUT2D eigenvalue weighted by atomic mass is 9.82. The number of nitrogens with one attached hydrogen (secondary N) is 1. The molecule has 2 rings (SSSR count). The molecule has 1 amide bonds. The number of carbonyl (C=O) groups excluding carboxylic acids is 1. The predicted molar refractivity (Wildman–Crippen MR) is 85.2 cm³/mol. The Labute approximate surface area is 129 Å². The molecule has 0 bridgehead atoms. The quantitative estimate of drug-likeness (QED) is 0.791. The first kappa shape index (κ1) is 16.8. The van der Waals surface area contributed by atoms with Gasteiger partial charge < -0.3 is 15.3 Å². The summed E-state index contributed by atoms with van der Waals surface area (Å²) in [6, 6.07) is 0.693. The molecule has 0 unspecified atom stereocenters. The van der Waals surface area contributed by atoms with Gasteiger partial charge in [0.25, 0.3) is 0 Å². The molecule has 0 spiro atoms. The van der Waals surface area contributed by atoms with Gasteiger partial charge in [-0.25, -0.2) is 0 Å². The maximum absolute atomic E-state index is 12.0. The van der Waals surface area contributed by atoms with E-state index in [1.807, 2.05) is 0 Å². The van der Waals surface area contributed by atoms with Crippen molar-refractivity contribution in [2.45, 2.75) is 82.3 Å². The fourth-order valence-electron chi connectivity index (χ4n) is 3.82. The first-order chi connectivity index (χ1) is 10.1. The summed E-state index contributed by atoms with van der Waals surface area (Å²) in [6.45, 7) is 1.61. The van der Waals surface area contributed by atoms with E-state index in [-0.39, 0.29) is 12.3 Å². The number of likely N-dealkylation sites (N-methyl/N-ethyl adjacent to an activating group) is 1. The van der Waals surface area contributed by atoms with Crippen molar-refractivity contribution in [2.75, 3.05) is 20.1 Å². The zero-order valence-electron chi connectivity index (χ0n) is 13.6. The maximum Gasteiger partial charge on any atom is 0.222 e. The third-order valence-corrected chi connectivity index (χ3v) is 5.26. The van der Waals surface area contributed by atoms with E-state index in [2.05, 4.69) is 17.3 Å². The Hall–Kier alpha value is -0.610. The third-order valence-electron chi connectivity index (χ3n) is 5.26. The van der Waals surface area contributed by atoms with Crippen LogP contribution in [0.15, 0.2) is 0 Å². The topological polar surface area (TPSA) is 52.6 Å². The molecular formula is C17H32N2O2. The number of carbonyl (C=O) groups is 1. The van der Waals surface area contributed by atoms with Crippen molar-refractivity contribution in [1.82, 2.24) is 10.2 Å². The van der Waals surface area contributed by atoms with Crippen LogP contribution in [-0.4, -0.2) is 47.7 Å². The molecule has 2 aliphatic rings. The lowest BCUT2D eigenvalue weighted by Gasteiger charge is -2.32. The zero-order valence-corrected chi connectivity index (χ0v) is 13.6. The molecule has 2 aliphatic carbocycles. The second-order valence-corrected chi connectivity index (χ2v) is 7.08. The van der Waals surface area contributed by atoms with Gasteiger partial charge in [-0.05, 0) is 32.7 Å². The minimum atomic E-state index is -0.738. The molecule has 4 heteroatoms. The van der Waals surface area contributed by atoms with Crippen molar-refractivity contribution in [3.8, 4) is 0 Å². The van der Waals surface area contributed by atoms with Crippen molar-refractivity contribution in [1.29, 1.82) is 0 Å². The SMILES string of the molecule is CN(CCNC(=O)CC1(O)CCCCC1)C1CCCCC1. The van der Waals surface area contributed by atoms with Crippen LogP contribution in [0.1, 0.15) is 70.6 Å². The number of hydrogen-bond donors (Lipinski definition) is 2. The Morgan fingerprint density at radius 3 is 2.43 bits per heavy atom. The summed E-state index contributed by atoms with van der Waals surface area (Å²) >= 11 is 0. The minimum Gasteiger partial charge on any atom is -0.389 e. The summed E-state index contributed by atoms with van der Waals surface area (Å²) in [4.78, 5) is 14.4. The summed E-state index contributed by atoms with van der Waals surface area (Å²) in [6.07, 6.45) is 11.8. The van der Waals surface area contributed by atoms with Crippen LogP contribution in [-0.2, 0) is 4.79 Å². The van der Waals surface area contributed by atoms with Crippen LogP contribution in [0.25, 0.3) is 0 Å². The number of nitrogens with zero attached hydrogens (tertiary/aromatic N) is 1. The predicted octanol–water partition coefficient (Wildman–Crippen LogP) is 2.45. The highest BCUT2D eigenvalue weighted by atomic mass is 16.3. The molecule has 0 saturated heterocycles. The number of hydrogen-bond acceptors (Lipinski definition) is 3. The lowest BCUT2D eigenvalue weighted by molar-refractivity contribution is -0.127. The first-order valence-corrected chi connectivity index (χ1v) is 8.78. The molecule has 0 aliphatic heterocycles. The van der Waals surface area contributed by atoms with Crippen molar-refractivity contribution in [3.63, 3.8) is 0 Å². The lowest BCUT2D eigenvalue weighted by Crippen LogP contribution is -2.42. The average Bonchev–Trinajstić information content (AvgIpc) is 2.48. The number of amides is 1. The Balaban J connectivity index is 1.62. The van der Waals surface area contributed by atoms with E-state index in [1.165, 1.54) is 38.5 Å². The molecule has 2 fully saturated rings. The molecule has 2 N–H and O–H groups in total. The Morgan fingerprint density at radius 1 is 1.14 bits per heavy atom. The minimum absolute atomic E-state index is 0.0106. The van der Waals surface area contributed by atoms with Crippen LogP contribution in [0.5, 0.6) is 0 Å². The standard InChI is InChI=1S/C17H32N2O2/c1-19(15-8-4-2-5-9-15)13-12-18-16(20)14-17(21)10-6-3-7-11-17/h15,21H,2-14H2,1H3,(H,18,20). The van der Waals surface area contributed by atoms with E-state index >= 15 is 0 Å². The average molecular weight is 296 g/mol. The molecule has 21 heavy (non-hydrogen) atoms. The van der Waals surface area contributed by atoms with Crippen molar-refractivity contribution in [2.24, 2.45) is 0 Å². The molecular weight excluding hydrogens is 264 g/mol. The summed E-state index contributed by atoms with van der Waals surface area (Å²) in [5.74, 6) is 0.0106. The van der Waals surface area contributed by atoms with Crippen LogP contribution < -0.4 is 5.32 Å². The van der Waals surface area contributed by atoms with E-state index < -0.39 is 5.60 Å². The Kier molecular flexibility index (Phi) is 6.49. The van der Waals surface area contributed by atoms with E-state index in [0.717, 1.165) is 32.2 Å². The zero-order chi connectivity index (χ0) is 15.1. The van der Waals surface area contributed by atoms with Gasteiger partial charge in [-0.3, -0.25) is 4.79 Å². The van der Waals surface area contributed by atoms with Gasteiger partial charge in [0.2, 0.25) is 5.91 Å². The monoisotopic (exact) mass is 296 g/mol. The van der Waals surface area contributed by atoms with Crippen LogP contribution in [0.2, 0.25) is 0 Å². The molecule has 0 heterocycles. The van der Waals surface area contributed by atoms with Gasteiger partial charge in [0.15, 0.2) is 0 Å². The fourth-order valence-corrected chi connectivity index (χ4v) is 3.82. The van der Waals surface area contributed by atoms with Gasteiger partial charge in [0.05, 0.1) is 12.0 Å². The summed E-state index contributed by atoms with van der Waals surface area (Å²) in [5, 5.41) is 13.4. The largest absolute Gasteiger partial charge is 0.389 e. The second-order valence-electron chi connectivity index (χ2n) is 7.08. The Morgan fingerprint density at radius 2 is 1.76 bits per heavy atom. The normalized spacial score (nSPS) is 23.2. The van der Waals surface area contributed by atoms with Gasteiger partial charge >= 0.3 is 0 Å². The van der Waals surface area contributed by atoms with Crippen molar-refractivity contribution >= 4 is 5.91 Å². The van der Waals surface area contributed by atoms with Gasteiger partial charge in [-0.1, -0.05) is 38.5 Å². The summed E-state index contributed by atoms with van der Waals surface area (Å²) in [5.41, 5.74) is -0.738. The number of aliphatic hydroxyl groups is 1. The van der Waals surface area contributed by atoms with Crippen LogP contribution >= 0.6 is 0 Å². The molecule has 4 nitrogen and oxygen atoms in total. The molecule has 0 atom stereocenters. The molecule has 0 aromatic heterocycles. The highest BCUT2D eigenvalue weighted by molar-refractivity contribution is 5.77. The van der Waals surface area contributed by atoms with Crippen molar-refractivity contribution in [3.05, 3.63) is 0 Å². The highest BCUT2D eigenvalue weighted by Gasteiger charge is 2.31. The number of rotatable bonds is 6. The Bertz CT molecular complexity index is 321. The van der Waals surface area contributed by atoms with E-state index in [1.54, 1.807) is 0 Å².